The molecule has 1 aliphatic rings. The van der Waals surface area contributed by atoms with E-state index in [-0.39, 0.29) is 0 Å². The van der Waals surface area contributed by atoms with Crippen LogP contribution < -0.4 is 0 Å². The van der Waals surface area contributed by atoms with E-state index in [0.717, 1.165) is 19.3 Å². The maximum atomic E-state index is 4.51. The molecule has 1 rings (SSSR count). The highest BCUT2D eigenvalue weighted by Crippen LogP contribution is 2.26. The van der Waals surface area contributed by atoms with Crippen LogP contribution in [0.3, 0.4) is 0 Å². The van der Waals surface area contributed by atoms with E-state index in [9.17, 15) is 0 Å². The Morgan fingerprint density at radius 2 is 2.15 bits per heavy atom. The molecule has 0 aromatic rings. The predicted octanol–water partition coefficient (Wildman–Crippen LogP) is 6.01. The topological polar surface area (TPSA) is 12.4 Å². The number of rotatable bonds is 5. The summed E-state index contributed by atoms with van der Waals surface area (Å²) in [6, 6.07) is 0. The van der Waals surface area contributed by atoms with Gasteiger partial charge in [0, 0.05) is 12.4 Å². The van der Waals surface area contributed by atoms with Gasteiger partial charge < -0.3 is 0 Å². The lowest BCUT2D eigenvalue weighted by Crippen LogP contribution is -2.04. The average molecular weight is 271 g/mol. The Morgan fingerprint density at radius 1 is 1.40 bits per heavy atom. The van der Waals surface area contributed by atoms with Crippen LogP contribution in [0.15, 0.2) is 52.2 Å². The zero-order valence-corrected chi connectivity index (χ0v) is 13.6. The summed E-state index contributed by atoms with van der Waals surface area (Å²) in [7, 11) is 0. The normalized spacial score (nSPS) is 20.8. The van der Waals surface area contributed by atoms with E-state index in [4.69, 9.17) is 0 Å². The van der Waals surface area contributed by atoms with Crippen LogP contribution in [-0.4, -0.2) is 6.21 Å². The summed E-state index contributed by atoms with van der Waals surface area (Å²) in [6.45, 7) is 12.7. The molecule has 1 atom stereocenters. The summed E-state index contributed by atoms with van der Waals surface area (Å²) in [5, 5.41) is 0. The fourth-order valence-corrected chi connectivity index (χ4v) is 2.50. The molecular weight excluding hydrogens is 242 g/mol. The Bertz CT molecular complexity index is 446. The zero-order chi connectivity index (χ0) is 15.0. The van der Waals surface area contributed by atoms with Gasteiger partial charge >= 0.3 is 0 Å². The molecule has 20 heavy (non-hydrogen) atoms. The maximum absolute atomic E-state index is 4.51. The molecule has 110 valence electrons. The monoisotopic (exact) mass is 271 g/mol. The first-order valence-corrected chi connectivity index (χ1v) is 7.78. The highest BCUT2D eigenvalue weighted by Gasteiger charge is 2.11. The van der Waals surface area contributed by atoms with E-state index >= 15 is 0 Å². The third kappa shape index (κ3) is 4.96. The van der Waals surface area contributed by atoms with E-state index in [1.807, 2.05) is 6.08 Å². The quantitative estimate of drug-likeness (QED) is 0.543. The van der Waals surface area contributed by atoms with Gasteiger partial charge in [-0.3, -0.25) is 4.99 Å². The van der Waals surface area contributed by atoms with Crippen molar-refractivity contribution in [3.8, 4) is 0 Å². The molecule has 1 heteroatoms. The summed E-state index contributed by atoms with van der Waals surface area (Å²) in [5.74, 6) is 0.491. The van der Waals surface area contributed by atoms with Gasteiger partial charge in [0.25, 0.3) is 0 Å². The molecule has 0 fully saturated rings. The van der Waals surface area contributed by atoms with Gasteiger partial charge in [-0.15, -0.1) is 6.58 Å². The first kappa shape index (κ1) is 16.7. The molecule has 1 unspecified atom stereocenters. The highest BCUT2D eigenvalue weighted by molar-refractivity contribution is 5.80. The van der Waals surface area contributed by atoms with Gasteiger partial charge in [0.1, 0.15) is 0 Å². The van der Waals surface area contributed by atoms with Gasteiger partial charge in [-0.05, 0) is 57.4 Å². The number of hydrogen-bond donors (Lipinski definition) is 0. The van der Waals surface area contributed by atoms with Gasteiger partial charge in [0.15, 0.2) is 0 Å². The molecule has 0 radical (unpaired) electrons. The molecule has 0 spiro atoms. The molecule has 0 saturated heterocycles. The van der Waals surface area contributed by atoms with Gasteiger partial charge in [0.05, 0.1) is 0 Å². The molecule has 0 N–H and O–H groups in total. The Morgan fingerprint density at radius 3 is 2.80 bits per heavy atom. The van der Waals surface area contributed by atoms with E-state index in [0.29, 0.717) is 5.92 Å². The fourth-order valence-electron chi connectivity index (χ4n) is 2.50. The number of allylic oxidation sites excluding steroid dienone is 6. The summed E-state index contributed by atoms with van der Waals surface area (Å²) in [5.41, 5.74) is 5.76. The van der Waals surface area contributed by atoms with Crippen molar-refractivity contribution in [1.29, 1.82) is 0 Å². The second-order valence-corrected chi connectivity index (χ2v) is 5.68. The third-order valence-corrected chi connectivity index (χ3v) is 4.33. The maximum Gasteiger partial charge on any atom is 0.0299 e. The van der Waals surface area contributed by atoms with Gasteiger partial charge in [-0.25, -0.2) is 0 Å². The molecule has 0 saturated carbocycles. The Balaban J connectivity index is 2.91. The molecule has 0 bridgehead atoms. The third-order valence-electron chi connectivity index (χ3n) is 4.33. The molecule has 1 heterocycles. The smallest absolute Gasteiger partial charge is 0.0299 e. The van der Waals surface area contributed by atoms with Crippen molar-refractivity contribution in [2.75, 3.05) is 0 Å². The van der Waals surface area contributed by atoms with Crippen LogP contribution in [0.5, 0.6) is 0 Å². The molecule has 0 aliphatic carbocycles. The summed E-state index contributed by atoms with van der Waals surface area (Å²) < 4.78 is 0. The lowest BCUT2D eigenvalue weighted by atomic mass is 9.88. The first-order valence-electron chi connectivity index (χ1n) is 7.78. The number of nitrogens with zero attached hydrogens (tertiary/aromatic N) is 1. The van der Waals surface area contributed by atoms with Crippen LogP contribution in [0.25, 0.3) is 0 Å². The van der Waals surface area contributed by atoms with E-state index < -0.39 is 0 Å². The average Bonchev–Trinajstić information content (AvgIpc) is 2.43. The lowest BCUT2D eigenvalue weighted by Gasteiger charge is -2.18. The van der Waals surface area contributed by atoms with Crippen molar-refractivity contribution < 1.29 is 0 Å². The Hall–Kier alpha value is -1.37. The fraction of sp³-hybridized carbons (Fsp3) is 0.526. The van der Waals surface area contributed by atoms with Crippen LogP contribution in [0, 0.1) is 5.92 Å². The van der Waals surface area contributed by atoms with Crippen LogP contribution in [0.1, 0.15) is 59.8 Å². The molecule has 1 aliphatic heterocycles. The minimum Gasteiger partial charge on any atom is -0.264 e. The van der Waals surface area contributed by atoms with Gasteiger partial charge in [-0.2, -0.15) is 0 Å². The first-order chi connectivity index (χ1) is 9.60. The SMILES string of the molecule is C=CCC=C(C)C(C)/C(C)=C1\C=NC=C(CC)CCC1. The second kappa shape index (κ2) is 8.73. The van der Waals surface area contributed by atoms with E-state index in [1.165, 1.54) is 35.1 Å². The summed E-state index contributed by atoms with van der Waals surface area (Å²) >= 11 is 0. The van der Waals surface area contributed by atoms with Crippen molar-refractivity contribution in [2.24, 2.45) is 10.9 Å². The van der Waals surface area contributed by atoms with Crippen LogP contribution >= 0.6 is 0 Å². The Kier molecular flexibility index (Phi) is 7.28. The molecule has 1 nitrogen and oxygen atoms in total. The predicted molar refractivity (Wildman–Crippen MR) is 91.2 cm³/mol. The summed E-state index contributed by atoms with van der Waals surface area (Å²) in [4.78, 5) is 4.51. The largest absolute Gasteiger partial charge is 0.264 e. The van der Waals surface area contributed by atoms with Crippen molar-refractivity contribution in [2.45, 2.75) is 59.8 Å². The molecular formula is C19H29N. The van der Waals surface area contributed by atoms with Gasteiger partial charge in [0.2, 0.25) is 0 Å². The van der Waals surface area contributed by atoms with Crippen molar-refractivity contribution in [3.05, 3.63) is 47.2 Å². The standard InChI is InChI=1S/C19H29N/c1-6-8-10-15(3)16(4)17(5)19-12-9-11-18(7-2)13-20-14-19/h6,10,13-14,16H,1,7-9,11-12H2,2-5H3/b15-10?,18-13?,19-17-,20-14?. The van der Waals surface area contributed by atoms with Crippen LogP contribution in [0.4, 0.5) is 0 Å². The van der Waals surface area contributed by atoms with Crippen molar-refractivity contribution in [3.63, 3.8) is 0 Å². The molecule has 0 aromatic carbocycles. The second-order valence-electron chi connectivity index (χ2n) is 5.68. The van der Waals surface area contributed by atoms with Crippen LogP contribution in [-0.2, 0) is 0 Å². The molecule has 0 amide bonds. The Labute approximate surface area is 124 Å². The molecule has 0 aromatic heterocycles. The van der Waals surface area contributed by atoms with Crippen molar-refractivity contribution >= 4 is 6.21 Å². The minimum absolute atomic E-state index is 0.491. The zero-order valence-electron chi connectivity index (χ0n) is 13.6. The van der Waals surface area contributed by atoms with Gasteiger partial charge in [-0.1, -0.05) is 42.7 Å². The number of aliphatic imine (C=N–C) groups is 1. The minimum atomic E-state index is 0.491. The highest BCUT2D eigenvalue weighted by atomic mass is 14.7. The number of hydrogen-bond acceptors (Lipinski definition) is 1. The van der Waals surface area contributed by atoms with E-state index in [2.05, 4.69) is 57.8 Å². The lowest BCUT2D eigenvalue weighted by molar-refractivity contribution is 0.746. The van der Waals surface area contributed by atoms with E-state index in [1.54, 1.807) is 0 Å². The van der Waals surface area contributed by atoms with Crippen LogP contribution in [0.2, 0.25) is 0 Å². The summed E-state index contributed by atoms with van der Waals surface area (Å²) in [6.07, 6.45) is 14.0. The van der Waals surface area contributed by atoms with Crippen molar-refractivity contribution in [1.82, 2.24) is 0 Å².